The number of ether oxygens (including phenoxy) is 2. The molecule has 1 aliphatic rings. The lowest BCUT2D eigenvalue weighted by Gasteiger charge is -2.19. The number of anilines is 1. The van der Waals surface area contributed by atoms with E-state index in [2.05, 4.69) is 10.4 Å². The molecule has 0 saturated heterocycles. The highest BCUT2D eigenvalue weighted by atomic mass is 16.5. The van der Waals surface area contributed by atoms with Crippen LogP contribution in [0.1, 0.15) is 37.0 Å². The Bertz CT molecular complexity index is 855. The Hall–Kier alpha value is -3.03. The second-order valence-electron chi connectivity index (χ2n) is 7.11. The lowest BCUT2D eigenvalue weighted by Crippen LogP contribution is -2.35. The highest BCUT2D eigenvalue weighted by Crippen LogP contribution is 2.32. The zero-order chi connectivity index (χ0) is 19.6. The van der Waals surface area contributed by atoms with Gasteiger partial charge >= 0.3 is 5.97 Å². The number of methoxy groups -OCH3 is 1. The minimum absolute atomic E-state index is 0.365. The third-order valence-electron chi connectivity index (χ3n) is 4.54. The van der Waals surface area contributed by atoms with E-state index in [0.717, 1.165) is 12.8 Å². The van der Waals surface area contributed by atoms with Crippen LogP contribution in [0.15, 0.2) is 30.6 Å². The van der Waals surface area contributed by atoms with Crippen LogP contribution in [0.2, 0.25) is 0 Å². The van der Waals surface area contributed by atoms with E-state index in [1.54, 1.807) is 25.3 Å². The van der Waals surface area contributed by atoms with Gasteiger partial charge in [-0.2, -0.15) is 5.10 Å². The Morgan fingerprint density at radius 2 is 2.11 bits per heavy atom. The number of carbonyl (C=O) groups excluding carboxylic acids is 1. The van der Waals surface area contributed by atoms with Gasteiger partial charge in [0.25, 0.3) is 5.91 Å². The van der Waals surface area contributed by atoms with Gasteiger partial charge in [0.2, 0.25) is 0 Å². The number of amides is 1. The van der Waals surface area contributed by atoms with Crippen molar-refractivity contribution in [1.29, 1.82) is 0 Å². The Morgan fingerprint density at radius 1 is 1.37 bits per heavy atom. The molecule has 1 amide bonds. The predicted octanol–water partition coefficient (Wildman–Crippen LogP) is 2.75. The number of hydrogen-bond acceptors (Lipinski definition) is 5. The molecule has 8 nitrogen and oxygen atoms in total. The summed E-state index contributed by atoms with van der Waals surface area (Å²) in [6, 6.07) is 5.02. The smallest absolute Gasteiger partial charge is 0.331 e. The molecule has 8 heteroatoms. The van der Waals surface area contributed by atoms with E-state index in [1.165, 1.54) is 30.9 Å². The lowest BCUT2D eigenvalue weighted by atomic mass is 10.1. The SMILES string of the molecule is COc1ccc(C(=O)Nc2cnn(C(C)(C)C(=O)O)c2)c(OCC2CC2)c1. The standard InChI is InChI=1S/C19H23N3O5/c1-19(2,18(24)25)22-10-13(9-20-22)21-17(23)15-7-6-14(26-3)8-16(15)27-11-12-4-5-12/h6-10,12H,4-5,11H2,1-3H3,(H,21,23)(H,24,25). The van der Waals surface area contributed by atoms with Gasteiger partial charge in [-0.05, 0) is 44.7 Å². The molecule has 2 N–H and O–H groups in total. The molecule has 0 aliphatic heterocycles. The number of hydrogen-bond donors (Lipinski definition) is 2. The number of carboxylic acids is 1. The molecule has 0 radical (unpaired) electrons. The molecule has 0 bridgehead atoms. The second-order valence-corrected chi connectivity index (χ2v) is 7.11. The maximum atomic E-state index is 12.7. The molecule has 0 atom stereocenters. The third kappa shape index (κ3) is 4.21. The zero-order valence-corrected chi connectivity index (χ0v) is 15.6. The van der Waals surface area contributed by atoms with E-state index >= 15 is 0 Å². The van der Waals surface area contributed by atoms with Crippen molar-refractivity contribution in [3.63, 3.8) is 0 Å². The molecule has 3 rings (SSSR count). The fourth-order valence-corrected chi connectivity index (χ4v) is 2.42. The van der Waals surface area contributed by atoms with Crippen LogP contribution >= 0.6 is 0 Å². The summed E-state index contributed by atoms with van der Waals surface area (Å²) in [6.45, 7) is 3.63. The molecule has 1 aliphatic carbocycles. The average Bonchev–Trinajstić information content (AvgIpc) is 3.35. The van der Waals surface area contributed by atoms with Gasteiger partial charge in [-0.1, -0.05) is 0 Å². The second kappa shape index (κ2) is 7.30. The summed E-state index contributed by atoms with van der Waals surface area (Å²) < 4.78 is 12.3. The maximum Gasteiger partial charge on any atom is 0.331 e. The fraction of sp³-hybridized carbons (Fsp3) is 0.421. The van der Waals surface area contributed by atoms with Crippen LogP contribution in [0, 0.1) is 5.92 Å². The minimum Gasteiger partial charge on any atom is -0.497 e. The summed E-state index contributed by atoms with van der Waals surface area (Å²) in [5.74, 6) is 0.222. The van der Waals surface area contributed by atoms with Crippen molar-refractivity contribution in [2.75, 3.05) is 19.0 Å². The maximum absolute atomic E-state index is 12.7. The molecule has 1 aromatic heterocycles. The number of benzene rings is 1. The summed E-state index contributed by atoms with van der Waals surface area (Å²) in [4.78, 5) is 24.0. The molecular formula is C19H23N3O5. The topological polar surface area (TPSA) is 103 Å². The molecule has 0 spiro atoms. The van der Waals surface area contributed by atoms with E-state index in [1.807, 2.05) is 0 Å². The molecule has 1 fully saturated rings. The average molecular weight is 373 g/mol. The van der Waals surface area contributed by atoms with Gasteiger partial charge in [0.1, 0.15) is 11.5 Å². The Labute approximate surface area is 157 Å². The minimum atomic E-state index is -1.22. The molecule has 0 unspecified atom stereocenters. The molecule has 1 heterocycles. The first-order chi connectivity index (χ1) is 12.8. The number of aromatic nitrogens is 2. The number of nitrogens with one attached hydrogen (secondary N) is 1. The fourth-order valence-electron chi connectivity index (χ4n) is 2.42. The van der Waals surface area contributed by atoms with Crippen LogP contribution in [0.4, 0.5) is 5.69 Å². The molecular weight excluding hydrogens is 350 g/mol. The van der Waals surface area contributed by atoms with E-state index in [9.17, 15) is 14.7 Å². The summed E-state index contributed by atoms with van der Waals surface area (Å²) in [6.07, 6.45) is 5.19. The number of nitrogens with zero attached hydrogens (tertiary/aromatic N) is 2. The molecule has 144 valence electrons. The first kappa shape index (κ1) is 18.8. The third-order valence-corrected chi connectivity index (χ3v) is 4.54. The Morgan fingerprint density at radius 3 is 2.74 bits per heavy atom. The highest BCUT2D eigenvalue weighted by Gasteiger charge is 2.30. The van der Waals surface area contributed by atoms with Crippen molar-refractivity contribution in [2.45, 2.75) is 32.2 Å². The van der Waals surface area contributed by atoms with Crippen molar-refractivity contribution >= 4 is 17.6 Å². The quantitative estimate of drug-likeness (QED) is 0.738. The summed E-state index contributed by atoms with van der Waals surface area (Å²) in [5, 5.41) is 16.1. The van der Waals surface area contributed by atoms with Crippen molar-refractivity contribution in [2.24, 2.45) is 5.92 Å². The monoisotopic (exact) mass is 373 g/mol. The normalized spacial score (nSPS) is 13.9. The highest BCUT2D eigenvalue weighted by molar-refractivity contribution is 6.06. The van der Waals surface area contributed by atoms with Gasteiger partial charge in [-0.15, -0.1) is 0 Å². The number of aliphatic carboxylic acids is 1. The van der Waals surface area contributed by atoms with Crippen molar-refractivity contribution in [3.05, 3.63) is 36.2 Å². The zero-order valence-electron chi connectivity index (χ0n) is 15.6. The van der Waals surface area contributed by atoms with Crippen LogP contribution in [0.25, 0.3) is 0 Å². The van der Waals surface area contributed by atoms with E-state index in [0.29, 0.717) is 35.3 Å². The molecule has 1 saturated carbocycles. The van der Waals surface area contributed by atoms with E-state index < -0.39 is 11.5 Å². The van der Waals surface area contributed by atoms with Crippen LogP contribution in [0.3, 0.4) is 0 Å². The summed E-state index contributed by atoms with van der Waals surface area (Å²) >= 11 is 0. The summed E-state index contributed by atoms with van der Waals surface area (Å²) in [7, 11) is 1.55. The number of carboxylic acid groups (broad SMARTS) is 1. The van der Waals surface area contributed by atoms with Gasteiger partial charge in [-0.25, -0.2) is 4.79 Å². The van der Waals surface area contributed by atoms with Gasteiger partial charge in [0.05, 0.1) is 31.2 Å². The van der Waals surface area contributed by atoms with Crippen molar-refractivity contribution < 1.29 is 24.2 Å². The van der Waals surface area contributed by atoms with E-state index in [-0.39, 0.29) is 5.91 Å². The summed E-state index contributed by atoms with van der Waals surface area (Å²) in [5.41, 5.74) is -0.443. The van der Waals surface area contributed by atoms with Crippen molar-refractivity contribution in [3.8, 4) is 11.5 Å². The molecule has 1 aromatic carbocycles. The van der Waals surface area contributed by atoms with Crippen LogP contribution in [0.5, 0.6) is 11.5 Å². The van der Waals surface area contributed by atoms with Gasteiger partial charge < -0.3 is 19.9 Å². The predicted molar refractivity (Wildman–Crippen MR) is 98.4 cm³/mol. The number of carbonyl (C=O) groups is 2. The van der Waals surface area contributed by atoms with Gasteiger partial charge in [0, 0.05) is 12.3 Å². The lowest BCUT2D eigenvalue weighted by molar-refractivity contribution is -0.146. The van der Waals surface area contributed by atoms with Crippen LogP contribution in [-0.4, -0.2) is 40.5 Å². The van der Waals surface area contributed by atoms with Crippen LogP contribution < -0.4 is 14.8 Å². The molecule has 27 heavy (non-hydrogen) atoms. The Kier molecular flexibility index (Phi) is 5.07. The van der Waals surface area contributed by atoms with Crippen molar-refractivity contribution in [1.82, 2.24) is 9.78 Å². The van der Waals surface area contributed by atoms with Gasteiger partial charge in [-0.3, -0.25) is 9.48 Å². The van der Waals surface area contributed by atoms with Crippen LogP contribution in [-0.2, 0) is 10.3 Å². The van der Waals surface area contributed by atoms with Gasteiger partial charge in [0.15, 0.2) is 5.54 Å². The Balaban J connectivity index is 1.77. The molecule has 2 aromatic rings. The largest absolute Gasteiger partial charge is 0.497 e. The first-order valence-corrected chi connectivity index (χ1v) is 8.72. The first-order valence-electron chi connectivity index (χ1n) is 8.72. The number of rotatable bonds is 8. The van der Waals surface area contributed by atoms with E-state index in [4.69, 9.17) is 9.47 Å².